The molecule has 2 aromatic rings. The van der Waals surface area contributed by atoms with Crippen molar-refractivity contribution in [1.82, 2.24) is 0 Å². The topological polar surface area (TPSA) is 24.4 Å². The number of aryl methyl sites for hydroxylation is 1. The van der Waals surface area contributed by atoms with E-state index in [1.165, 1.54) is 5.56 Å². The van der Waals surface area contributed by atoms with E-state index in [2.05, 4.69) is 24.4 Å². The Labute approximate surface area is 134 Å². The van der Waals surface area contributed by atoms with Gasteiger partial charge in [0.05, 0.1) is 22.8 Å². The van der Waals surface area contributed by atoms with Gasteiger partial charge in [-0.05, 0) is 25.1 Å². The van der Waals surface area contributed by atoms with Crippen LogP contribution in [0.3, 0.4) is 0 Å². The molecule has 0 amide bonds. The number of aliphatic imine (C=N–C) groups is 1. The van der Waals surface area contributed by atoms with E-state index in [1.54, 1.807) is 0 Å². The second-order valence-electron chi connectivity index (χ2n) is 4.91. The Morgan fingerprint density at radius 2 is 1.71 bits per heavy atom. The van der Waals surface area contributed by atoms with Crippen LogP contribution in [0.4, 0.5) is 11.4 Å². The molecule has 0 saturated carbocycles. The number of benzene rings is 2. The predicted molar refractivity (Wildman–Crippen MR) is 91.0 cm³/mol. The third-order valence-electron chi connectivity index (χ3n) is 3.30. The van der Waals surface area contributed by atoms with Gasteiger partial charge in [-0.1, -0.05) is 65.2 Å². The summed E-state index contributed by atoms with van der Waals surface area (Å²) in [5.41, 5.74) is 5.58. The van der Waals surface area contributed by atoms with E-state index in [0.717, 1.165) is 28.3 Å². The van der Waals surface area contributed by atoms with Crippen LogP contribution in [0.25, 0.3) is 0 Å². The van der Waals surface area contributed by atoms with Gasteiger partial charge in [-0.3, -0.25) is 0 Å². The molecule has 1 aliphatic heterocycles. The average Bonchev–Trinajstić information content (AvgIpc) is 2.67. The van der Waals surface area contributed by atoms with E-state index in [9.17, 15) is 0 Å². The quantitative estimate of drug-likeness (QED) is 0.754. The van der Waals surface area contributed by atoms with Gasteiger partial charge in [0.15, 0.2) is 0 Å². The van der Waals surface area contributed by atoms with Gasteiger partial charge in [-0.25, -0.2) is 4.99 Å². The Bertz CT molecular complexity index is 716. The van der Waals surface area contributed by atoms with Gasteiger partial charge in [0.25, 0.3) is 0 Å². The number of nitrogens with zero attached hydrogens (tertiary/aromatic N) is 1. The Morgan fingerprint density at radius 3 is 2.43 bits per heavy atom. The van der Waals surface area contributed by atoms with Crippen molar-refractivity contribution in [2.75, 3.05) is 5.32 Å². The van der Waals surface area contributed by atoms with E-state index < -0.39 is 4.84 Å². The summed E-state index contributed by atoms with van der Waals surface area (Å²) in [4.78, 5) is 4.10. The van der Waals surface area contributed by atoms with Crippen LogP contribution in [-0.4, -0.2) is 10.5 Å². The second-order valence-corrected chi connectivity index (χ2v) is 6.00. The molecule has 0 aromatic heterocycles. The molecular formula is C17H14Cl2N2. The zero-order chi connectivity index (χ0) is 14.8. The molecule has 0 radical (unpaired) electrons. The summed E-state index contributed by atoms with van der Waals surface area (Å²) >= 11 is 12.1. The first-order valence-corrected chi connectivity index (χ1v) is 7.52. The van der Waals surface area contributed by atoms with Crippen molar-refractivity contribution >= 4 is 40.3 Å². The molecule has 1 N–H and O–H groups in total. The predicted octanol–water partition coefficient (Wildman–Crippen LogP) is 5.23. The van der Waals surface area contributed by atoms with Gasteiger partial charge >= 0.3 is 0 Å². The lowest BCUT2D eigenvalue weighted by molar-refractivity contribution is 1.33. The summed E-state index contributed by atoms with van der Waals surface area (Å²) in [7, 11) is 0. The van der Waals surface area contributed by atoms with Crippen molar-refractivity contribution < 1.29 is 0 Å². The summed E-state index contributed by atoms with van der Waals surface area (Å²) in [5, 5.41) is 3.25. The van der Waals surface area contributed by atoms with E-state index >= 15 is 0 Å². The molecule has 0 spiro atoms. The van der Waals surface area contributed by atoms with Gasteiger partial charge in [0.2, 0.25) is 0 Å². The zero-order valence-electron chi connectivity index (χ0n) is 11.5. The average molecular weight is 317 g/mol. The molecule has 4 heteroatoms. The van der Waals surface area contributed by atoms with Crippen molar-refractivity contribution in [2.45, 2.75) is 11.8 Å². The highest BCUT2D eigenvalue weighted by atomic mass is 35.5. The molecule has 0 bridgehead atoms. The fourth-order valence-corrected chi connectivity index (χ4v) is 2.40. The summed E-state index contributed by atoms with van der Waals surface area (Å²) in [6, 6.07) is 16.1. The van der Waals surface area contributed by atoms with Crippen molar-refractivity contribution in [3.8, 4) is 0 Å². The van der Waals surface area contributed by atoms with Crippen LogP contribution in [0.15, 0.2) is 65.3 Å². The Balaban J connectivity index is 2.13. The van der Waals surface area contributed by atoms with Crippen molar-refractivity contribution in [3.05, 3.63) is 71.4 Å². The number of alkyl halides is 2. The molecule has 106 valence electrons. The maximum atomic E-state index is 6.05. The number of para-hydroxylation sites is 2. The number of hydrogen-bond donors (Lipinski definition) is 1. The lowest BCUT2D eigenvalue weighted by Gasteiger charge is -2.10. The number of halogens is 2. The van der Waals surface area contributed by atoms with E-state index in [4.69, 9.17) is 28.2 Å². The summed E-state index contributed by atoms with van der Waals surface area (Å²) in [6.07, 6.45) is 1.90. The SMILES string of the molecule is Cc1ccc(C2=Nc3ccccc3NC(C(Cl)Cl)=C2)cc1. The highest BCUT2D eigenvalue weighted by Gasteiger charge is 2.16. The number of hydrogen-bond acceptors (Lipinski definition) is 2. The number of nitrogens with one attached hydrogen (secondary N) is 1. The smallest absolute Gasteiger partial charge is 0.147 e. The first-order valence-electron chi connectivity index (χ1n) is 6.65. The van der Waals surface area contributed by atoms with E-state index in [-0.39, 0.29) is 0 Å². The standard InChI is InChI=1S/C17H14Cl2N2/c1-11-6-8-12(9-7-11)15-10-16(17(18)19)21-14-5-3-2-4-13(14)20-15/h2-10,17,21H,1H3. The molecule has 1 aliphatic rings. The molecular weight excluding hydrogens is 303 g/mol. The summed E-state index contributed by atoms with van der Waals surface area (Å²) in [6.45, 7) is 2.06. The second kappa shape index (κ2) is 5.92. The Hall–Kier alpha value is -1.77. The van der Waals surface area contributed by atoms with Crippen LogP contribution in [0, 0.1) is 6.92 Å². The molecule has 21 heavy (non-hydrogen) atoms. The van der Waals surface area contributed by atoms with Gasteiger partial charge in [0.1, 0.15) is 4.84 Å². The van der Waals surface area contributed by atoms with Crippen molar-refractivity contribution in [1.29, 1.82) is 0 Å². The number of allylic oxidation sites excluding steroid dienone is 2. The molecule has 0 aliphatic carbocycles. The van der Waals surface area contributed by atoms with Crippen molar-refractivity contribution in [3.63, 3.8) is 0 Å². The summed E-state index contributed by atoms with van der Waals surface area (Å²) in [5.74, 6) is 0. The summed E-state index contributed by atoms with van der Waals surface area (Å²) < 4.78 is 0. The molecule has 2 aromatic carbocycles. The first kappa shape index (κ1) is 14.2. The third kappa shape index (κ3) is 3.12. The van der Waals surface area contributed by atoms with Gasteiger partial charge in [-0.15, -0.1) is 0 Å². The normalized spacial score (nSPS) is 13.9. The Morgan fingerprint density at radius 1 is 1.00 bits per heavy atom. The molecule has 0 saturated heterocycles. The molecule has 1 heterocycles. The molecule has 0 fully saturated rings. The van der Waals surface area contributed by atoms with Crippen LogP contribution in [0.1, 0.15) is 11.1 Å². The maximum absolute atomic E-state index is 6.05. The number of anilines is 1. The third-order valence-corrected chi connectivity index (χ3v) is 3.77. The van der Waals surface area contributed by atoms with Crippen LogP contribution in [0.2, 0.25) is 0 Å². The van der Waals surface area contributed by atoms with Crippen LogP contribution < -0.4 is 5.32 Å². The Kier molecular flexibility index (Phi) is 4.00. The highest BCUT2D eigenvalue weighted by Crippen LogP contribution is 2.31. The minimum absolute atomic E-state index is 0.633. The van der Waals surface area contributed by atoms with E-state index in [0.29, 0.717) is 0 Å². The number of fused-ring (bicyclic) bond motifs is 1. The fourth-order valence-electron chi connectivity index (χ4n) is 2.17. The molecule has 3 rings (SSSR count). The van der Waals surface area contributed by atoms with Crippen LogP contribution >= 0.6 is 23.2 Å². The molecule has 2 nitrogen and oxygen atoms in total. The molecule has 0 unspecified atom stereocenters. The monoisotopic (exact) mass is 316 g/mol. The van der Waals surface area contributed by atoms with Gasteiger partial charge in [-0.2, -0.15) is 0 Å². The zero-order valence-corrected chi connectivity index (χ0v) is 13.0. The minimum atomic E-state index is -0.633. The lowest BCUT2D eigenvalue weighted by atomic mass is 10.1. The highest BCUT2D eigenvalue weighted by molar-refractivity contribution is 6.46. The minimum Gasteiger partial charge on any atom is -0.355 e. The fraction of sp³-hybridized carbons (Fsp3) is 0.118. The van der Waals surface area contributed by atoms with E-state index in [1.807, 2.05) is 42.5 Å². The van der Waals surface area contributed by atoms with Gasteiger partial charge in [0, 0.05) is 5.56 Å². The number of rotatable bonds is 2. The van der Waals surface area contributed by atoms with Crippen LogP contribution in [0.5, 0.6) is 0 Å². The molecule has 0 atom stereocenters. The van der Waals surface area contributed by atoms with Crippen molar-refractivity contribution in [2.24, 2.45) is 4.99 Å². The largest absolute Gasteiger partial charge is 0.355 e. The van der Waals surface area contributed by atoms with Crippen LogP contribution in [-0.2, 0) is 0 Å². The van der Waals surface area contributed by atoms with Gasteiger partial charge < -0.3 is 5.32 Å². The maximum Gasteiger partial charge on any atom is 0.147 e. The first-order chi connectivity index (χ1) is 10.1. The lowest BCUT2D eigenvalue weighted by Crippen LogP contribution is -2.08.